The smallest absolute Gasteiger partial charge is 0.367 e. The number of halogens is 3. The van der Waals surface area contributed by atoms with E-state index in [4.69, 9.17) is 0 Å². The first-order valence-corrected chi connectivity index (χ1v) is 10.0. The molecule has 0 spiro atoms. The zero-order valence-electron chi connectivity index (χ0n) is 15.6. The number of carbonyl (C=O) groups is 1. The monoisotopic (exact) mass is 430 g/mol. The Balaban J connectivity index is 1.81. The van der Waals surface area contributed by atoms with Crippen LogP contribution in [-0.2, 0) is 32.7 Å². The predicted octanol–water partition coefficient (Wildman–Crippen LogP) is 2.70. The Morgan fingerprint density at radius 1 is 1.03 bits per heavy atom. The fourth-order valence-corrected chi connectivity index (χ4v) is 3.50. The van der Waals surface area contributed by atoms with E-state index in [1.54, 1.807) is 42.5 Å². The van der Waals surface area contributed by atoms with Gasteiger partial charge in [0.2, 0.25) is 15.9 Å². The van der Waals surface area contributed by atoms with Crippen molar-refractivity contribution in [2.75, 3.05) is 20.2 Å². The summed E-state index contributed by atoms with van der Waals surface area (Å²) in [7, 11) is -2.45. The molecule has 0 aliphatic carbocycles. The van der Waals surface area contributed by atoms with Crippen LogP contribution < -0.4 is 5.32 Å². The number of amides is 1. The van der Waals surface area contributed by atoms with Gasteiger partial charge in [-0.1, -0.05) is 42.5 Å². The molecule has 0 atom stereocenters. The van der Waals surface area contributed by atoms with Gasteiger partial charge in [-0.3, -0.25) is 4.79 Å². The number of ether oxygens (including phenoxy) is 1. The number of nitrogens with one attached hydrogen (secondary N) is 1. The van der Waals surface area contributed by atoms with Gasteiger partial charge in [-0.15, -0.1) is 0 Å². The fourth-order valence-electron chi connectivity index (χ4n) is 2.35. The minimum atomic E-state index is -4.37. The zero-order valence-corrected chi connectivity index (χ0v) is 16.5. The van der Waals surface area contributed by atoms with Crippen molar-refractivity contribution >= 4 is 15.9 Å². The van der Waals surface area contributed by atoms with Crippen LogP contribution in [-0.4, -0.2) is 45.0 Å². The lowest BCUT2D eigenvalue weighted by Crippen LogP contribution is -2.38. The normalized spacial score (nSPS) is 12.2. The lowest BCUT2D eigenvalue weighted by atomic mass is 10.1. The fraction of sp³-hybridized carbons (Fsp3) is 0.316. The maximum Gasteiger partial charge on any atom is 0.411 e. The molecule has 6 nitrogen and oxygen atoms in total. The van der Waals surface area contributed by atoms with E-state index in [9.17, 15) is 26.4 Å². The Morgan fingerprint density at radius 3 is 2.21 bits per heavy atom. The largest absolute Gasteiger partial charge is 0.411 e. The molecule has 2 rings (SSSR count). The third-order valence-corrected chi connectivity index (χ3v) is 5.68. The highest BCUT2D eigenvalue weighted by Gasteiger charge is 2.27. The Labute approximate surface area is 167 Å². The van der Waals surface area contributed by atoms with Gasteiger partial charge in [0, 0.05) is 13.6 Å². The summed E-state index contributed by atoms with van der Waals surface area (Å²) in [4.78, 5) is 12.2. The first-order chi connectivity index (χ1) is 13.6. The molecule has 2 aromatic rings. The van der Waals surface area contributed by atoms with Crippen molar-refractivity contribution in [1.29, 1.82) is 0 Å². The van der Waals surface area contributed by atoms with Crippen LogP contribution in [0, 0.1) is 0 Å². The molecule has 0 heterocycles. The topological polar surface area (TPSA) is 75.7 Å². The number of hydrogen-bond acceptors (Lipinski definition) is 4. The third-order valence-electron chi connectivity index (χ3n) is 3.86. The molecule has 10 heteroatoms. The van der Waals surface area contributed by atoms with Crippen molar-refractivity contribution in [1.82, 2.24) is 9.62 Å². The van der Waals surface area contributed by atoms with E-state index in [2.05, 4.69) is 10.1 Å². The van der Waals surface area contributed by atoms with E-state index in [1.807, 2.05) is 0 Å². The number of sulfonamides is 1. The van der Waals surface area contributed by atoms with Crippen LogP contribution in [0.15, 0.2) is 59.5 Å². The van der Waals surface area contributed by atoms with Crippen LogP contribution in [0.2, 0.25) is 0 Å². The number of hydrogen-bond donors (Lipinski definition) is 1. The molecule has 1 amide bonds. The average Bonchev–Trinajstić information content (AvgIpc) is 2.67. The number of nitrogens with zero attached hydrogens (tertiary/aromatic N) is 1. The van der Waals surface area contributed by atoms with E-state index >= 15 is 0 Å². The molecule has 0 aliphatic rings. The summed E-state index contributed by atoms with van der Waals surface area (Å²) >= 11 is 0. The van der Waals surface area contributed by atoms with E-state index in [-0.39, 0.29) is 24.6 Å². The van der Waals surface area contributed by atoms with Crippen molar-refractivity contribution in [2.45, 2.75) is 24.2 Å². The lowest BCUT2D eigenvalue weighted by molar-refractivity contribution is -0.176. The van der Waals surface area contributed by atoms with Crippen LogP contribution >= 0.6 is 0 Å². The molecular weight excluding hydrogens is 409 g/mol. The molecule has 0 saturated carbocycles. The summed E-state index contributed by atoms with van der Waals surface area (Å²) < 4.78 is 66.5. The SMILES string of the molecule is CN(CC(=O)NCc1ccc(COCC(F)(F)F)cc1)S(=O)(=O)c1ccccc1. The molecule has 0 radical (unpaired) electrons. The summed E-state index contributed by atoms with van der Waals surface area (Å²) in [5.74, 6) is -0.482. The minimum absolute atomic E-state index is 0.0960. The molecule has 158 valence electrons. The van der Waals surface area contributed by atoms with Crippen molar-refractivity contribution < 1.29 is 31.1 Å². The predicted molar refractivity (Wildman–Crippen MR) is 100 cm³/mol. The first kappa shape index (κ1) is 22.9. The van der Waals surface area contributed by atoms with Crippen LogP contribution in [0.25, 0.3) is 0 Å². The first-order valence-electron chi connectivity index (χ1n) is 8.58. The van der Waals surface area contributed by atoms with Gasteiger partial charge >= 0.3 is 6.18 Å². The highest BCUT2D eigenvalue weighted by Crippen LogP contribution is 2.16. The standard InChI is InChI=1S/C19H21F3N2O4S/c1-24(29(26,27)17-5-3-2-4-6-17)12-18(25)23-11-15-7-9-16(10-8-15)13-28-14-19(20,21)22/h2-10H,11-14H2,1H3,(H,23,25). The average molecular weight is 430 g/mol. The Bertz CT molecular complexity index is 901. The molecular formula is C19H21F3N2O4S. The molecule has 0 bridgehead atoms. The van der Waals surface area contributed by atoms with E-state index in [1.165, 1.54) is 19.2 Å². The summed E-state index contributed by atoms with van der Waals surface area (Å²) in [6.45, 7) is -1.68. The number of likely N-dealkylation sites (N-methyl/N-ethyl adjacent to an activating group) is 1. The molecule has 0 aliphatic heterocycles. The van der Waals surface area contributed by atoms with Gasteiger partial charge in [-0.2, -0.15) is 17.5 Å². The lowest BCUT2D eigenvalue weighted by Gasteiger charge is -2.17. The quantitative estimate of drug-likeness (QED) is 0.664. The summed E-state index contributed by atoms with van der Waals surface area (Å²) in [6.07, 6.45) is -4.37. The number of alkyl halides is 3. The van der Waals surface area contributed by atoms with Gasteiger partial charge in [-0.05, 0) is 23.3 Å². The summed E-state index contributed by atoms with van der Waals surface area (Å²) in [5, 5.41) is 2.61. The number of benzene rings is 2. The number of carbonyl (C=O) groups excluding carboxylic acids is 1. The molecule has 0 unspecified atom stereocenters. The van der Waals surface area contributed by atoms with Crippen LogP contribution in [0.3, 0.4) is 0 Å². The second kappa shape index (κ2) is 9.86. The molecule has 0 saturated heterocycles. The Kier molecular flexibility index (Phi) is 7.77. The van der Waals surface area contributed by atoms with E-state index < -0.39 is 28.7 Å². The maximum atomic E-state index is 12.4. The minimum Gasteiger partial charge on any atom is -0.367 e. The third kappa shape index (κ3) is 7.48. The van der Waals surface area contributed by atoms with Gasteiger partial charge in [0.1, 0.15) is 6.61 Å². The van der Waals surface area contributed by atoms with Gasteiger partial charge in [0.15, 0.2) is 0 Å². The van der Waals surface area contributed by atoms with Gasteiger partial charge < -0.3 is 10.1 Å². The van der Waals surface area contributed by atoms with E-state index in [0.717, 1.165) is 4.31 Å². The van der Waals surface area contributed by atoms with Crippen molar-refractivity contribution in [3.8, 4) is 0 Å². The molecule has 1 N–H and O–H groups in total. The van der Waals surface area contributed by atoms with Crippen molar-refractivity contribution in [3.05, 3.63) is 65.7 Å². The highest BCUT2D eigenvalue weighted by molar-refractivity contribution is 7.89. The Morgan fingerprint density at radius 2 is 1.62 bits per heavy atom. The van der Waals surface area contributed by atoms with Gasteiger partial charge in [0.25, 0.3) is 0 Å². The van der Waals surface area contributed by atoms with Crippen LogP contribution in [0.4, 0.5) is 13.2 Å². The summed E-state index contributed by atoms with van der Waals surface area (Å²) in [5.41, 5.74) is 1.28. The van der Waals surface area contributed by atoms with Gasteiger partial charge in [-0.25, -0.2) is 8.42 Å². The van der Waals surface area contributed by atoms with Crippen LogP contribution in [0.5, 0.6) is 0 Å². The number of rotatable bonds is 9. The zero-order chi connectivity index (χ0) is 21.5. The van der Waals surface area contributed by atoms with Gasteiger partial charge in [0.05, 0.1) is 18.0 Å². The maximum absolute atomic E-state index is 12.4. The second-order valence-electron chi connectivity index (χ2n) is 6.28. The molecule has 0 aromatic heterocycles. The molecule has 2 aromatic carbocycles. The molecule has 0 fully saturated rings. The highest BCUT2D eigenvalue weighted by atomic mass is 32.2. The van der Waals surface area contributed by atoms with Crippen molar-refractivity contribution in [2.24, 2.45) is 0 Å². The Hall–Kier alpha value is -2.43. The summed E-state index contributed by atoms with van der Waals surface area (Å²) in [6, 6.07) is 14.3. The second-order valence-corrected chi connectivity index (χ2v) is 8.32. The van der Waals surface area contributed by atoms with Crippen molar-refractivity contribution in [3.63, 3.8) is 0 Å². The van der Waals surface area contributed by atoms with Crippen LogP contribution in [0.1, 0.15) is 11.1 Å². The molecule has 29 heavy (non-hydrogen) atoms. The van der Waals surface area contributed by atoms with E-state index in [0.29, 0.717) is 11.1 Å².